The van der Waals surface area contributed by atoms with Crippen molar-refractivity contribution in [3.05, 3.63) is 29.8 Å². The molecule has 1 N–H and O–H groups in total. The van der Waals surface area contributed by atoms with E-state index in [4.69, 9.17) is 0 Å². The van der Waals surface area contributed by atoms with E-state index in [1.54, 1.807) is 12.1 Å². The predicted octanol–water partition coefficient (Wildman–Crippen LogP) is 1.67. The highest BCUT2D eigenvalue weighted by atomic mass is 32.2. The van der Waals surface area contributed by atoms with E-state index in [0.717, 1.165) is 19.8 Å². The first-order valence-electron chi connectivity index (χ1n) is 4.65. The van der Waals surface area contributed by atoms with E-state index in [9.17, 15) is 13.0 Å². The van der Waals surface area contributed by atoms with Crippen LogP contribution in [0.3, 0.4) is 0 Å². The Kier molecular flexibility index (Phi) is 4.46. The smallest absolute Gasteiger partial charge is 0.299 e. The van der Waals surface area contributed by atoms with Gasteiger partial charge in [-0.15, -0.1) is 4.49 Å². The fourth-order valence-electron chi connectivity index (χ4n) is 1.07. The Morgan fingerprint density at radius 3 is 2.00 bits per heavy atom. The van der Waals surface area contributed by atoms with Crippen LogP contribution in [-0.4, -0.2) is 22.6 Å². The van der Waals surface area contributed by atoms with Gasteiger partial charge in [0.25, 0.3) is 0 Å². The highest BCUT2D eigenvalue weighted by molar-refractivity contribution is 7.94. The van der Waals surface area contributed by atoms with E-state index < -0.39 is 17.8 Å². The molecule has 0 saturated heterocycles. The third kappa shape index (κ3) is 3.62. The summed E-state index contributed by atoms with van der Waals surface area (Å²) >= 11 is 0. The lowest BCUT2D eigenvalue weighted by atomic mass is 10.2. The summed E-state index contributed by atoms with van der Waals surface area (Å²) in [7, 11) is -5.54. The van der Waals surface area contributed by atoms with Gasteiger partial charge < -0.3 is 0 Å². The summed E-state index contributed by atoms with van der Waals surface area (Å²) < 4.78 is 46.2. The van der Waals surface area contributed by atoms with Crippen molar-refractivity contribution in [2.24, 2.45) is 0 Å². The lowest BCUT2D eigenvalue weighted by Gasteiger charge is -2.14. The second-order valence-corrected chi connectivity index (χ2v) is 7.20. The number of rotatable bonds is 5. The van der Waals surface area contributed by atoms with E-state index in [1.165, 1.54) is 12.1 Å². The number of aryl methyl sites for hydroxylation is 1. The van der Waals surface area contributed by atoms with Crippen molar-refractivity contribution in [1.29, 1.82) is 0 Å². The minimum Gasteiger partial charge on any atom is -0.299 e. The molecule has 0 fully saturated rings. The van der Waals surface area contributed by atoms with E-state index >= 15 is 0 Å². The van der Waals surface area contributed by atoms with E-state index in [-0.39, 0.29) is 4.90 Å². The zero-order chi connectivity index (χ0) is 13.1. The number of hydrogen-bond acceptors (Lipinski definition) is 5. The summed E-state index contributed by atoms with van der Waals surface area (Å²) in [6, 6.07) is 6.10. The number of nitrogens with one attached hydrogen (secondary N) is 1. The molecule has 0 unspecified atom stereocenters. The van der Waals surface area contributed by atoms with Crippen molar-refractivity contribution < 1.29 is 22.0 Å². The average Bonchev–Trinajstić information content (AvgIpc) is 2.29. The molecule has 8 heteroatoms. The van der Waals surface area contributed by atoms with Crippen molar-refractivity contribution in [3.63, 3.8) is 0 Å². The first-order chi connectivity index (χ1) is 7.83. The van der Waals surface area contributed by atoms with Crippen LogP contribution in [-0.2, 0) is 23.6 Å². The van der Waals surface area contributed by atoms with Gasteiger partial charge in [0.2, 0.25) is 10.0 Å². The van der Waals surface area contributed by atoms with Crippen LogP contribution in [0.1, 0.15) is 5.56 Å². The Bertz CT molecular complexity index is 517. The fraction of sp³-hybridized carbons (Fsp3) is 0.333. The predicted molar refractivity (Wildman–Crippen MR) is 63.1 cm³/mol. The number of benzene rings is 1. The monoisotopic (exact) mass is 279 g/mol. The van der Waals surface area contributed by atoms with Crippen molar-refractivity contribution in [2.75, 3.05) is 14.2 Å². The third-order valence-electron chi connectivity index (χ3n) is 2.04. The number of hydrogen-bond donors (Lipinski definition) is 1. The Morgan fingerprint density at radius 1 is 1.12 bits per heavy atom. The normalized spacial score (nSPS) is 12.6. The van der Waals surface area contributed by atoms with Gasteiger partial charge in [-0.2, -0.15) is 0 Å². The molecule has 96 valence electrons. The molecule has 0 amide bonds. The fourth-order valence-corrected chi connectivity index (χ4v) is 3.91. The van der Waals surface area contributed by atoms with Gasteiger partial charge in [-0.1, -0.05) is 17.7 Å². The van der Waals surface area contributed by atoms with Crippen LogP contribution < -0.4 is 4.49 Å². The largest absolute Gasteiger partial charge is 0.418 e. The molecular formula is C9H14NO5PS. The maximum absolute atomic E-state index is 11.8. The third-order valence-corrected chi connectivity index (χ3v) is 5.75. The van der Waals surface area contributed by atoms with E-state index in [1.807, 2.05) is 11.4 Å². The van der Waals surface area contributed by atoms with Crippen LogP contribution in [0.25, 0.3) is 0 Å². The molecule has 0 spiro atoms. The van der Waals surface area contributed by atoms with Crippen LogP contribution in [0.4, 0.5) is 0 Å². The zero-order valence-corrected chi connectivity index (χ0v) is 11.4. The Morgan fingerprint density at radius 2 is 1.59 bits per heavy atom. The van der Waals surface area contributed by atoms with E-state index in [2.05, 4.69) is 9.05 Å². The Hall–Kier alpha value is -0.720. The molecule has 0 bridgehead atoms. The summed E-state index contributed by atoms with van der Waals surface area (Å²) in [6.45, 7) is 1.83. The lowest BCUT2D eigenvalue weighted by molar-refractivity contribution is 0.272. The van der Waals surface area contributed by atoms with Crippen molar-refractivity contribution in [3.8, 4) is 0 Å². The molecule has 1 rings (SSSR count). The first kappa shape index (κ1) is 14.3. The average molecular weight is 279 g/mol. The van der Waals surface area contributed by atoms with Crippen molar-refractivity contribution in [1.82, 2.24) is 4.49 Å². The van der Waals surface area contributed by atoms with Gasteiger partial charge in [0.15, 0.2) is 0 Å². The second-order valence-electron chi connectivity index (χ2n) is 3.27. The molecule has 6 nitrogen and oxygen atoms in total. The standard InChI is InChI=1S/C9H14NO5PS/c1-8-4-6-9(7-5-8)17(12,13)10-16(11,14-2)15-3/h4-7H,1-3H3,(H,10,11). The molecule has 1 aromatic rings. The minimum absolute atomic E-state index is 0.00238. The van der Waals surface area contributed by atoms with Gasteiger partial charge in [-0.3, -0.25) is 9.05 Å². The van der Waals surface area contributed by atoms with Gasteiger partial charge in [-0.25, -0.2) is 13.0 Å². The Balaban J connectivity index is 3.05. The van der Waals surface area contributed by atoms with Gasteiger partial charge in [0.05, 0.1) is 4.90 Å². The van der Waals surface area contributed by atoms with Crippen molar-refractivity contribution in [2.45, 2.75) is 11.8 Å². The quantitative estimate of drug-likeness (QED) is 0.829. The summed E-state index contributed by atoms with van der Waals surface area (Å²) in [5.41, 5.74) is 0.922. The SMILES string of the molecule is COP(=O)(NS(=O)(=O)c1ccc(C)cc1)OC. The highest BCUT2D eigenvalue weighted by Crippen LogP contribution is 2.43. The van der Waals surface area contributed by atoms with Gasteiger partial charge >= 0.3 is 7.75 Å². The van der Waals surface area contributed by atoms with Crippen molar-refractivity contribution >= 4 is 17.8 Å². The van der Waals surface area contributed by atoms with Crippen LogP contribution in [0.15, 0.2) is 29.2 Å². The summed E-state index contributed by atoms with van der Waals surface area (Å²) in [5.74, 6) is 0. The molecule has 0 aromatic heterocycles. The molecule has 0 atom stereocenters. The van der Waals surface area contributed by atoms with Crippen LogP contribution >= 0.6 is 7.75 Å². The van der Waals surface area contributed by atoms with Gasteiger partial charge in [0.1, 0.15) is 0 Å². The summed E-state index contributed by atoms with van der Waals surface area (Å²) in [5, 5.41) is 0. The van der Waals surface area contributed by atoms with Crippen LogP contribution in [0, 0.1) is 6.92 Å². The molecule has 17 heavy (non-hydrogen) atoms. The molecular weight excluding hydrogens is 265 g/mol. The maximum atomic E-state index is 11.8. The minimum atomic E-state index is -3.92. The summed E-state index contributed by atoms with van der Waals surface area (Å²) in [6.07, 6.45) is 0. The van der Waals surface area contributed by atoms with Gasteiger partial charge in [-0.05, 0) is 19.1 Å². The summed E-state index contributed by atoms with van der Waals surface area (Å²) in [4.78, 5) is -0.00238. The topological polar surface area (TPSA) is 81.7 Å². The molecule has 0 saturated carbocycles. The first-order valence-corrected chi connectivity index (χ1v) is 7.68. The lowest BCUT2D eigenvalue weighted by Crippen LogP contribution is -2.22. The molecule has 1 aromatic carbocycles. The molecule has 0 radical (unpaired) electrons. The molecule has 0 heterocycles. The van der Waals surface area contributed by atoms with Gasteiger partial charge in [0, 0.05) is 14.2 Å². The zero-order valence-electron chi connectivity index (χ0n) is 9.71. The highest BCUT2D eigenvalue weighted by Gasteiger charge is 2.29. The van der Waals surface area contributed by atoms with E-state index in [0.29, 0.717) is 0 Å². The second kappa shape index (κ2) is 5.29. The van der Waals surface area contributed by atoms with Crippen LogP contribution in [0.2, 0.25) is 0 Å². The number of sulfonamides is 1. The Labute approximate surface area is 101 Å². The molecule has 0 aliphatic carbocycles. The molecule has 0 aliphatic rings. The van der Waals surface area contributed by atoms with Crippen LogP contribution in [0.5, 0.6) is 0 Å². The molecule has 0 aliphatic heterocycles. The maximum Gasteiger partial charge on any atom is 0.418 e.